The van der Waals surface area contributed by atoms with Crippen molar-refractivity contribution in [1.82, 2.24) is 4.90 Å². The second kappa shape index (κ2) is 5.99. The highest BCUT2D eigenvalue weighted by Gasteiger charge is 2.22. The molecule has 0 amide bonds. The molecular formula is C13H18FN3O2. The van der Waals surface area contributed by atoms with Crippen LogP contribution in [0.5, 0.6) is 0 Å². The summed E-state index contributed by atoms with van der Waals surface area (Å²) < 4.78 is 13.6. The molecule has 19 heavy (non-hydrogen) atoms. The Labute approximate surface area is 111 Å². The minimum Gasteiger partial charge on any atom is -0.480 e. The van der Waals surface area contributed by atoms with Crippen molar-refractivity contribution in [2.75, 3.05) is 37.6 Å². The van der Waals surface area contributed by atoms with Gasteiger partial charge >= 0.3 is 5.97 Å². The number of hydrogen-bond acceptors (Lipinski definition) is 4. The number of para-hydroxylation sites is 1. The molecule has 0 bridgehead atoms. The summed E-state index contributed by atoms with van der Waals surface area (Å²) in [7, 11) is 0. The highest BCUT2D eigenvalue weighted by atomic mass is 19.1. The van der Waals surface area contributed by atoms with Crippen LogP contribution >= 0.6 is 0 Å². The molecule has 1 aliphatic heterocycles. The van der Waals surface area contributed by atoms with Gasteiger partial charge in [0.15, 0.2) is 0 Å². The molecule has 1 fully saturated rings. The topological polar surface area (TPSA) is 69.8 Å². The monoisotopic (exact) mass is 267 g/mol. The fourth-order valence-electron chi connectivity index (χ4n) is 2.24. The quantitative estimate of drug-likeness (QED) is 0.824. The molecule has 0 aromatic heterocycles. The van der Waals surface area contributed by atoms with Crippen LogP contribution in [0, 0.1) is 5.82 Å². The molecule has 0 spiro atoms. The molecule has 1 heterocycles. The van der Waals surface area contributed by atoms with Crippen LogP contribution in [0.25, 0.3) is 0 Å². The average molecular weight is 267 g/mol. The number of nitrogens with zero attached hydrogens (tertiary/aromatic N) is 2. The van der Waals surface area contributed by atoms with Gasteiger partial charge in [0, 0.05) is 32.7 Å². The molecule has 0 radical (unpaired) electrons. The Balaban J connectivity index is 1.89. The van der Waals surface area contributed by atoms with Gasteiger partial charge < -0.3 is 15.7 Å². The Morgan fingerprint density at radius 2 is 1.95 bits per heavy atom. The largest absolute Gasteiger partial charge is 0.480 e. The van der Waals surface area contributed by atoms with E-state index in [9.17, 15) is 9.18 Å². The summed E-state index contributed by atoms with van der Waals surface area (Å²) in [5.41, 5.74) is 6.10. The Kier molecular flexibility index (Phi) is 4.34. The van der Waals surface area contributed by atoms with E-state index in [0.717, 1.165) is 0 Å². The summed E-state index contributed by atoms with van der Waals surface area (Å²) in [6.07, 6.45) is 0. The Hall–Kier alpha value is -1.66. The Morgan fingerprint density at radius 1 is 1.32 bits per heavy atom. The maximum absolute atomic E-state index is 13.6. The standard InChI is InChI=1S/C13H18FN3O2/c14-10-3-1-2-4-12(10)17-7-5-16(6-8-17)9-11(15)13(18)19/h1-4,11H,5-9,15H2,(H,18,19). The molecule has 104 valence electrons. The number of benzene rings is 1. The number of rotatable bonds is 4. The number of halogens is 1. The first-order valence-corrected chi connectivity index (χ1v) is 6.28. The zero-order valence-electron chi connectivity index (χ0n) is 10.6. The number of nitrogens with two attached hydrogens (primary N) is 1. The van der Waals surface area contributed by atoms with Crippen LogP contribution in [0.1, 0.15) is 0 Å². The first kappa shape index (κ1) is 13.8. The lowest BCUT2D eigenvalue weighted by molar-refractivity contribution is -0.139. The molecule has 1 saturated heterocycles. The molecule has 5 nitrogen and oxygen atoms in total. The van der Waals surface area contributed by atoms with Crippen molar-refractivity contribution in [3.8, 4) is 0 Å². The minimum absolute atomic E-state index is 0.224. The Bertz CT molecular complexity index is 447. The lowest BCUT2D eigenvalue weighted by Gasteiger charge is -2.36. The maximum Gasteiger partial charge on any atom is 0.321 e. The minimum atomic E-state index is -0.989. The normalized spacial score (nSPS) is 18.3. The van der Waals surface area contributed by atoms with Crippen molar-refractivity contribution >= 4 is 11.7 Å². The van der Waals surface area contributed by atoms with Gasteiger partial charge in [0.05, 0.1) is 5.69 Å². The van der Waals surface area contributed by atoms with Gasteiger partial charge in [-0.05, 0) is 12.1 Å². The van der Waals surface area contributed by atoms with Gasteiger partial charge in [-0.15, -0.1) is 0 Å². The van der Waals surface area contributed by atoms with Gasteiger partial charge in [-0.3, -0.25) is 9.69 Å². The van der Waals surface area contributed by atoms with Gasteiger partial charge in [0.2, 0.25) is 0 Å². The molecule has 6 heteroatoms. The summed E-state index contributed by atoms with van der Waals surface area (Å²) in [6, 6.07) is 5.82. The number of carbonyl (C=O) groups is 1. The number of carboxylic acids is 1. The average Bonchev–Trinajstić information content (AvgIpc) is 2.40. The third-order valence-corrected chi connectivity index (χ3v) is 3.34. The van der Waals surface area contributed by atoms with E-state index in [1.165, 1.54) is 6.07 Å². The molecule has 3 N–H and O–H groups in total. The lowest BCUT2D eigenvalue weighted by Crippen LogP contribution is -2.51. The second-order valence-electron chi connectivity index (χ2n) is 4.68. The van der Waals surface area contributed by atoms with Gasteiger partial charge in [0.1, 0.15) is 11.9 Å². The molecule has 1 aromatic rings. The first-order valence-electron chi connectivity index (χ1n) is 6.28. The van der Waals surface area contributed by atoms with Gasteiger partial charge in [-0.1, -0.05) is 12.1 Å². The molecule has 0 aliphatic carbocycles. The third-order valence-electron chi connectivity index (χ3n) is 3.34. The van der Waals surface area contributed by atoms with Crippen LogP contribution in [0.2, 0.25) is 0 Å². The third kappa shape index (κ3) is 3.42. The predicted octanol–water partition coefficient (Wildman–Crippen LogP) is 0.360. The van der Waals surface area contributed by atoms with E-state index in [4.69, 9.17) is 10.8 Å². The fourth-order valence-corrected chi connectivity index (χ4v) is 2.24. The summed E-state index contributed by atoms with van der Waals surface area (Å²) in [5, 5.41) is 8.77. The van der Waals surface area contributed by atoms with Crippen LogP contribution in [-0.2, 0) is 4.79 Å². The van der Waals surface area contributed by atoms with E-state index in [-0.39, 0.29) is 5.82 Å². The zero-order chi connectivity index (χ0) is 13.8. The Morgan fingerprint density at radius 3 is 2.53 bits per heavy atom. The number of carboxylic acid groups (broad SMARTS) is 1. The summed E-state index contributed by atoms with van der Waals surface area (Å²) in [5.74, 6) is -1.21. The fraction of sp³-hybridized carbons (Fsp3) is 0.462. The van der Waals surface area contributed by atoms with Crippen molar-refractivity contribution in [2.24, 2.45) is 5.73 Å². The highest BCUT2D eigenvalue weighted by Crippen LogP contribution is 2.19. The molecule has 1 aliphatic rings. The smallest absolute Gasteiger partial charge is 0.321 e. The number of anilines is 1. The molecule has 1 atom stereocenters. The first-order chi connectivity index (χ1) is 9.08. The molecular weight excluding hydrogens is 249 g/mol. The van der Waals surface area contributed by atoms with E-state index < -0.39 is 12.0 Å². The molecule has 2 rings (SSSR count). The number of aliphatic carboxylic acids is 1. The summed E-state index contributed by atoms with van der Waals surface area (Å²) >= 11 is 0. The molecule has 1 aromatic carbocycles. The molecule has 1 unspecified atom stereocenters. The summed E-state index contributed by atoms with van der Waals surface area (Å²) in [4.78, 5) is 14.7. The highest BCUT2D eigenvalue weighted by molar-refractivity contribution is 5.73. The van der Waals surface area contributed by atoms with Crippen molar-refractivity contribution < 1.29 is 14.3 Å². The van der Waals surface area contributed by atoms with E-state index >= 15 is 0 Å². The zero-order valence-corrected chi connectivity index (χ0v) is 10.6. The number of hydrogen-bond donors (Lipinski definition) is 2. The van der Waals surface area contributed by atoms with E-state index in [2.05, 4.69) is 0 Å². The second-order valence-corrected chi connectivity index (χ2v) is 4.68. The van der Waals surface area contributed by atoms with Crippen LogP contribution in [0.3, 0.4) is 0 Å². The molecule has 0 saturated carbocycles. The van der Waals surface area contributed by atoms with Crippen molar-refractivity contribution in [1.29, 1.82) is 0 Å². The van der Waals surface area contributed by atoms with Crippen LogP contribution < -0.4 is 10.6 Å². The van der Waals surface area contributed by atoms with Crippen molar-refractivity contribution in [3.63, 3.8) is 0 Å². The van der Waals surface area contributed by atoms with Gasteiger partial charge in [0.25, 0.3) is 0 Å². The van der Waals surface area contributed by atoms with Gasteiger partial charge in [-0.2, -0.15) is 0 Å². The van der Waals surface area contributed by atoms with E-state index in [1.807, 2.05) is 15.9 Å². The predicted molar refractivity (Wildman–Crippen MR) is 70.7 cm³/mol. The summed E-state index contributed by atoms with van der Waals surface area (Å²) in [6.45, 7) is 3.06. The van der Waals surface area contributed by atoms with E-state index in [1.54, 1.807) is 12.1 Å². The van der Waals surface area contributed by atoms with E-state index in [0.29, 0.717) is 38.4 Å². The van der Waals surface area contributed by atoms with Crippen molar-refractivity contribution in [2.45, 2.75) is 6.04 Å². The van der Waals surface area contributed by atoms with Crippen LogP contribution in [0.15, 0.2) is 24.3 Å². The van der Waals surface area contributed by atoms with Crippen LogP contribution in [-0.4, -0.2) is 54.7 Å². The number of piperazine rings is 1. The van der Waals surface area contributed by atoms with Crippen LogP contribution in [0.4, 0.5) is 10.1 Å². The maximum atomic E-state index is 13.6. The SMILES string of the molecule is NC(CN1CCN(c2ccccc2F)CC1)C(=O)O. The van der Waals surface area contributed by atoms with Gasteiger partial charge in [-0.25, -0.2) is 4.39 Å². The lowest BCUT2D eigenvalue weighted by atomic mass is 10.2. The van der Waals surface area contributed by atoms with Crippen molar-refractivity contribution in [3.05, 3.63) is 30.1 Å².